The molecule has 0 aliphatic carbocycles. The molecular weight excluding hydrogens is 326 g/mol. The summed E-state index contributed by atoms with van der Waals surface area (Å²) in [5, 5.41) is 7.59. The van der Waals surface area contributed by atoms with Gasteiger partial charge in [0.2, 0.25) is 11.7 Å². The third-order valence-electron chi connectivity index (χ3n) is 3.56. The molecule has 0 saturated carbocycles. The number of aryl methyl sites for hydroxylation is 3. The number of ether oxygens (including phenoxy) is 2. The first-order valence-electron chi connectivity index (χ1n) is 7.64. The van der Waals surface area contributed by atoms with Crippen molar-refractivity contribution >= 4 is 5.97 Å². The standard InChI is InChI=1S/C17H17N3O5/c1-10-14(11(2)24-19-10)8-23-17(21)13-6-4-5-7-15(13)22-9-16-18-12(3)25-20-16/h4-7H,8-9H2,1-3H3. The molecule has 3 aromatic rings. The second-order valence-electron chi connectivity index (χ2n) is 5.39. The van der Waals surface area contributed by atoms with E-state index < -0.39 is 5.97 Å². The molecule has 0 N–H and O–H groups in total. The molecule has 130 valence electrons. The van der Waals surface area contributed by atoms with Gasteiger partial charge in [-0.05, 0) is 26.0 Å². The number of nitrogens with zero attached hydrogens (tertiary/aromatic N) is 3. The highest BCUT2D eigenvalue weighted by atomic mass is 16.5. The van der Waals surface area contributed by atoms with Crippen molar-refractivity contribution in [3.05, 3.63) is 58.6 Å². The van der Waals surface area contributed by atoms with Crippen molar-refractivity contribution in [1.82, 2.24) is 15.3 Å². The second-order valence-corrected chi connectivity index (χ2v) is 5.39. The molecule has 8 heteroatoms. The van der Waals surface area contributed by atoms with E-state index in [4.69, 9.17) is 18.5 Å². The van der Waals surface area contributed by atoms with Gasteiger partial charge in [0, 0.05) is 6.92 Å². The fraction of sp³-hybridized carbons (Fsp3) is 0.294. The maximum absolute atomic E-state index is 12.4. The molecule has 0 atom stereocenters. The lowest BCUT2D eigenvalue weighted by atomic mass is 10.2. The molecule has 0 radical (unpaired) electrons. The van der Waals surface area contributed by atoms with E-state index >= 15 is 0 Å². The van der Waals surface area contributed by atoms with E-state index in [1.54, 1.807) is 45.0 Å². The fourth-order valence-corrected chi connectivity index (χ4v) is 2.23. The summed E-state index contributed by atoms with van der Waals surface area (Å²) in [6.07, 6.45) is 0. The van der Waals surface area contributed by atoms with Crippen molar-refractivity contribution < 1.29 is 23.3 Å². The van der Waals surface area contributed by atoms with E-state index in [0.29, 0.717) is 34.5 Å². The molecule has 2 heterocycles. The average Bonchev–Trinajstić information content (AvgIpc) is 3.17. The van der Waals surface area contributed by atoms with Gasteiger partial charge in [-0.15, -0.1) is 0 Å². The van der Waals surface area contributed by atoms with Gasteiger partial charge in [0.1, 0.15) is 23.7 Å². The quantitative estimate of drug-likeness (QED) is 0.630. The zero-order valence-electron chi connectivity index (χ0n) is 14.1. The van der Waals surface area contributed by atoms with E-state index in [-0.39, 0.29) is 13.2 Å². The van der Waals surface area contributed by atoms with Crippen molar-refractivity contribution in [1.29, 1.82) is 0 Å². The Labute approximate surface area is 143 Å². The summed E-state index contributed by atoms with van der Waals surface area (Å²) in [6.45, 7) is 5.43. The first kappa shape index (κ1) is 16.7. The number of benzene rings is 1. The maximum Gasteiger partial charge on any atom is 0.342 e. The van der Waals surface area contributed by atoms with Crippen molar-refractivity contribution in [2.45, 2.75) is 34.0 Å². The van der Waals surface area contributed by atoms with Gasteiger partial charge in [0.25, 0.3) is 0 Å². The minimum Gasteiger partial charge on any atom is -0.485 e. The number of rotatable bonds is 6. The van der Waals surface area contributed by atoms with Crippen LogP contribution in [0.2, 0.25) is 0 Å². The largest absolute Gasteiger partial charge is 0.485 e. The third kappa shape index (κ3) is 3.85. The monoisotopic (exact) mass is 343 g/mol. The van der Waals surface area contributed by atoms with Crippen LogP contribution in [0.4, 0.5) is 0 Å². The molecule has 0 bridgehead atoms. The maximum atomic E-state index is 12.4. The summed E-state index contributed by atoms with van der Waals surface area (Å²) in [4.78, 5) is 16.4. The number of esters is 1. The number of hydrogen-bond donors (Lipinski definition) is 0. The van der Waals surface area contributed by atoms with Crippen molar-refractivity contribution in [3.63, 3.8) is 0 Å². The van der Waals surface area contributed by atoms with Crippen molar-refractivity contribution in [3.8, 4) is 5.75 Å². The predicted molar refractivity (Wildman–Crippen MR) is 84.9 cm³/mol. The highest BCUT2D eigenvalue weighted by molar-refractivity contribution is 5.92. The Balaban J connectivity index is 1.68. The van der Waals surface area contributed by atoms with Crippen LogP contribution >= 0.6 is 0 Å². The average molecular weight is 343 g/mol. The molecule has 0 aliphatic heterocycles. The van der Waals surface area contributed by atoms with Gasteiger partial charge in [-0.25, -0.2) is 4.79 Å². The molecule has 25 heavy (non-hydrogen) atoms. The van der Waals surface area contributed by atoms with E-state index in [9.17, 15) is 4.79 Å². The Bertz CT molecular complexity index is 865. The number of para-hydroxylation sites is 1. The summed E-state index contributed by atoms with van der Waals surface area (Å²) in [5.74, 6) is 1.36. The fourth-order valence-electron chi connectivity index (χ4n) is 2.23. The zero-order chi connectivity index (χ0) is 17.8. The highest BCUT2D eigenvalue weighted by Crippen LogP contribution is 2.21. The smallest absolute Gasteiger partial charge is 0.342 e. The Morgan fingerprint density at radius 3 is 2.56 bits per heavy atom. The summed E-state index contributed by atoms with van der Waals surface area (Å²) in [5.41, 5.74) is 1.77. The minimum atomic E-state index is -0.500. The first-order chi connectivity index (χ1) is 12.0. The molecule has 0 amide bonds. The van der Waals surface area contributed by atoms with Crippen LogP contribution in [0.15, 0.2) is 33.3 Å². The van der Waals surface area contributed by atoms with Gasteiger partial charge in [0.05, 0.1) is 11.3 Å². The highest BCUT2D eigenvalue weighted by Gasteiger charge is 2.17. The van der Waals surface area contributed by atoms with E-state index in [1.807, 2.05) is 0 Å². The van der Waals surface area contributed by atoms with E-state index in [2.05, 4.69) is 15.3 Å². The molecule has 0 unspecified atom stereocenters. The van der Waals surface area contributed by atoms with Gasteiger partial charge < -0.3 is 18.5 Å². The summed E-state index contributed by atoms with van der Waals surface area (Å²) in [7, 11) is 0. The lowest BCUT2D eigenvalue weighted by molar-refractivity contribution is 0.0465. The Hall–Kier alpha value is -3.16. The Kier molecular flexibility index (Phi) is 4.78. The predicted octanol–water partition coefficient (Wildman–Crippen LogP) is 2.92. The van der Waals surface area contributed by atoms with Crippen LogP contribution in [0.3, 0.4) is 0 Å². The number of carbonyl (C=O) groups excluding carboxylic acids is 1. The van der Waals surface area contributed by atoms with Crippen LogP contribution < -0.4 is 4.74 Å². The molecular formula is C17H17N3O5. The van der Waals surface area contributed by atoms with Gasteiger partial charge in [-0.1, -0.05) is 22.4 Å². The van der Waals surface area contributed by atoms with Gasteiger partial charge in [-0.3, -0.25) is 0 Å². The van der Waals surface area contributed by atoms with Crippen LogP contribution in [0, 0.1) is 20.8 Å². The van der Waals surface area contributed by atoms with Crippen LogP contribution in [0.25, 0.3) is 0 Å². The van der Waals surface area contributed by atoms with Gasteiger partial charge >= 0.3 is 5.97 Å². The normalized spacial score (nSPS) is 10.7. The summed E-state index contributed by atoms with van der Waals surface area (Å²) >= 11 is 0. The molecule has 0 fully saturated rings. The molecule has 1 aromatic carbocycles. The number of hydrogen-bond acceptors (Lipinski definition) is 8. The minimum absolute atomic E-state index is 0.0817. The summed E-state index contributed by atoms with van der Waals surface area (Å²) in [6, 6.07) is 6.81. The zero-order valence-corrected chi connectivity index (χ0v) is 14.1. The number of carbonyl (C=O) groups is 1. The van der Waals surface area contributed by atoms with Crippen molar-refractivity contribution in [2.75, 3.05) is 0 Å². The van der Waals surface area contributed by atoms with Crippen molar-refractivity contribution in [2.24, 2.45) is 0 Å². The van der Waals surface area contributed by atoms with Crippen LogP contribution in [-0.2, 0) is 18.0 Å². The lowest BCUT2D eigenvalue weighted by Gasteiger charge is -2.10. The molecule has 0 aliphatic rings. The molecule has 0 saturated heterocycles. The first-order valence-corrected chi connectivity index (χ1v) is 7.64. The third-order valence-corrected chi connectivity index (χ3v) is 3.56. The lowest BCUT2D eigenvalue weighted by Crippen LogP contribution is -2.09. The topological polar surface area (TPSA) is 100 Å². The SMILES string of the molecule is Cc1nc(COc2ccccc2C(=O)OCc2c(C)noc2C)no1. The van der Waals surface area contributed by atoms with E-state index in [1.165, 1.54) is 0 Å². The van der Waals surface area contributed by atoms with Crippen LogP contribution in [0.5, 0.6) is 5.75 Å². The van der Waals surface area contributed by atoms with Crippen LogP contribution in [0.1, 0.15) is 39.1 Å². The molecule has 0 spiro atoms. The second kappa shape index (κ2) is 7.16. The van der Waals surface area contributed by atoms with Gasteiger partial charge in [0.15, 0.2) is 6.61 Å². The Morgan fingerprint density at radius 1 is 1.08 bits per heavy atom. The Morgan fingerprint density at radius 2 is 1.88 bits per heavy atom. The molecule has 3 rings (SSSR count). The molecule has 8 nitrogen and oxygen atoms in total. The molecule has 2 aromatic heterocycles. The van der Waals surface area contributed by atoms with Gasteiger partial charge in [-0.2, -0.15) is 4.98 Å². The number of aromatic nitrogens is 3. The van der Waals surface area contributed by atoms with Crippen LogP contribution in [-0.4, -0.2) is 21.3 Å². The summed E-state index contributed by atoms with van der Waals surface area (Å²) < 4.78 is 20.9. The van der Waals surface area contributed by atoms with E-state index in [0.717, 1.165) is 5.56 Å².